The Morgan fingerprint density at radius 3 is 1.62 bits per heavy atom. The van der Waals surface area contributed by atoms with Crippen LogP contribution in [-0.2, 0) is 6.42 Å². The normalized spacial score (nSPS) is 18.6. The van der Waals surface area contributed by atoms with Gasteiger partial charge in [0.2, 0.25) is 0 Å². The molecule has 0 N–H and O–H groups in total. The Bertz CT molecular complexity index is 929. The van der Waals surface area contributed by atoms with Gasteiger partial charge in [0.25, 0.3) is 0 Å². The van der Waals surface area contributed by atoms with Crippen LogP contribution in [-0.4, -0.2) is 6.67 Å². The molecule has 32 heavy (non-hydrogen) atoms. The molecule has 1 aliphatic rings. The highest BCUT2D eigenvalue weighted by Crippen LogP contribution is 2.37. The lowest BCUT2D eigenvalue weighted by Crippen LogP contribution is -2.12. The Kier molecular flexibility index (Phi) is 8.15. The average Bonchev–Trinajstić information content (AvgIpc) is 2.87. The van der Waals surface area contributed by atoms with Gasteiger partial charge < -0.3 is 0 Å². The standard InChI is InChI=1S/C31H37F/c1-2-24-7-11-26(12-8-24)28-15-19-30(20-16-28)31-21-17-29(18-22-31)27-13-9-25(10-14-27)6-4-3-5-23-32/h9-10,13-22,24,26H,2-8,11-12,23H2,1H3/t24-,26-. The van der Waals surface area contributed by atoms with Crippen molar-refractivity contribution in [3.05, 3.63) is 83.9 Å². The highest BCUT2D eigenvalue weighted by Gasteiger charge is 2.21. The smallest absolute Gasteiger partial charge is 0.0894 e. The molecular formula is C31H37F. The predicted octanol–water partition coefficient (Wildman–Crippen LogP) is 9.39. The van der Waals surface area contributed by atoms with Crippen molar-refractivity contribution in [3.8, 4) is 22.3 Å². The fraction of sp³-hybridized carbons (Fsp3) is 0.419. The summed E-state index contributed by atoms with van der Waals surface area (Å²) >= 11 is 0. The van der Waals surface area contributed by atoms with Crippen molar-refractivity contribution in [2.24, 2.45) is 5.92 Å². The third kappa shape index (κ3) is 5.88. The van der Waals surface area contributed by atoms with Gasteiger partial charge in [-0.15, -0.1) is 0 Å². The second kappa shape index (κ2) is 11.5. The van der Waals surface area contributed by atoms with Crippen molar-refractivity contribution in [2.75, 3.05) is 6.67 Å². The maximum atomic E-state index is 12.2. The Balaban J connectivity index is 1.36. The molecule has 0 aliphatic heterocycles. The topological polar surface area (TPSA) is 0 Å². The summed E-state index contributed by atoms with van der Waals surface area (Å²) in [6.45, 7) is 2.14. The first kappa shape index (κ1) is 22.8. The minimum absolute atomic E-state index is 0.195. The van der Waals surface area contributed by atoms with Crippen LogP contribution in [0.25, 0.3) is 22.3 Å². The van der Waals surface area contributed by atoms with E-state index in [2.05, 4.69) is 79.7 Å². The fourth-order valence-electron chi connectivity index (χ4n) is 5.17. The molecule has 0 saturated heterocycles. The van der Waals surface area contributed by atoms with Crippen molar-refractivity contribution in [1.82, 2.24) is 0 Å². The van der Waals surface area contributed by atoms with Gasteiger partial charge in [-0.2, -0.15) is 0 Å². The van der Waals surface area contributed by atoms with Gasteiger partial charge in [0, 0.05) is 0 Å². The summed E-state index contributed by atoms with van der Waals surface area (Å²) in [6.07, 6.45) is 10.6. The van der Waals surface area contributed by atoms with E-state index >= 15 is 0 Å². The molecular weight excluding hydrogens is 391 g/mol. The first-order chi connectivity index (χ1) is 15.8. The number of alkyl halides is 1. The molecule has 168 valence electrons. The Labute approximate surface area is 193 Å². The van der Waals surface area contributed by atoms with Gasteiger partial charge in [0.05, 0.1) is 6.67 Å². The van der Waals surface area contributed by atoms with Crippen LogP contribution in [0.15, 0.2) is 72.8 Å². The molecule has 3 aromatic carbocycles. The summed E-state index contributed by atoms with van der Waals surface area (Å²) in [5.74, 6) is 1.70. The van der Waals surface area contributed by atoms with Gasteiger partial charge >= 0.3 is 0 Å². The van der Waals surface area contributed by atoms with E-state index in [1.807, 2.05) is 0 Å². The molecule has 0 aromatic heterocycles. The van der Waals surface area contributed by atoms with Crippen LogP contribution in [0.3, 0.4) is 0 Å². The third-order valence-corrected chi connectivity index (χ3v) is 7.41. The van der Waals surface area contributed by atoms with Crippen LogP contribution >= 0.6 is 0 Å². The monoisotopic (exact) mass is 428 g/mol. The van der Waals surface area contributed by atoms with Crippen LogP contribution in [0, 0.1) is 5.92 Å². The molecule has 1 aliphatic carbocycles. The zero-order valence-electron chi connectivity index (χ0n) is 19.5. The molecule has 0 spiro atoms. The molecule has 4 rings (SSSR count). The van der Waals surface area contributed by atoms with Gasteiger partial charge in [0.15, 0.2) is 0 Å². The molecule has 0 nitrogen and oxygen atoms in total. The second-order valence-corrected chi connectivity index (χ2v) is 9.52. The maximum absolute atomic E-state index is 12.2. The van der Waals surface area contributed by atoms with Crippen LogP contribution in [0.1, 0.15) is 75.3 Å². The number of hydrogen-bond donors (Lipinski definition) is 0. The van der Waals surface area contributed by atoms with Crippen LogP contribution in [0.5, 0.6) is 0 Å². The van der Waals surface area contributed by atoms with E-state index in [4.69, 9.17) is 0 Å². The number of halogens is 1. The minimum atomic E-state index is -0.195. The van der Waals surface area contributed by atoms with Crippen molar-refractivity contribution in [2.45, 2.75) is 70.6 Å². The lowest BCUT2D eigenvalue weighted by molar-refractivity contribution is 0.319. The zero-order valence-corrected chi connectivity index (χ0v) is 19.5. The molecule has 0 bridgehead atoms. The van der Waals surface area contributed by atoms with Crippen LogP contribution in [0.2, 0.25) is 0 Å². The number of aryl methyl sites for hydroxylation is 1. The number of unbranched alkanes of at least 4 members (excludes halogenated alkanes) is 2. The van der Waals surface area contributed by atoms with Crippen molar-refractivity contribution >= 4 is 0 Å². The Morgan fingerprint density at radius 2 is 1.12 bits per heavy atom. The molecule has 0 radical (unpaired) electrons. The highest BCUT2D eigenvalue weighted by atomic mass is 19.1. The van der Waals surface area contributed by atoms with Gasteiger partial charge in [-0.05, 0) is 90.2 Å². The average molecular weight is 429 g/mol. The van der Waals surface area contributed by atoms with Gasteiger partial charge in [-0.1, -0.05) is 92.6 Å². The lowest BCUT2D eigenvalue weighted by Gasteiger charge is -2.28. The SMILES string of the molecule is CC[C@H]1CC[C@H](c2ccc(-c3ccc(-c4ccc(CCCCCF)cc4)cc3)cc2)CC1. The summed E-state index contributed by atoms with van der Waals surface area (Å²) < 4.78 is 12.2. The summed E-state index contributed by atoms with van der Waals surface area (Å²) in [6, 6.07) is 27.1. The quantitative estimate of drug-likeness (QED) is 0.298. The number of rotatable bonds is 9. The molecule has 0 atom stereocenters. The third-order valence-electron chi connectivity index (χ3n) is 7.41. The maximum Gasteiger partial charge on any atom is 0.0894 e. The van der Waals surface area contributed by atoms with Crippen molar-refractivity contribution < 1.29 is 4.39 Å². The van der Waals surface area contributed by atoms with Crippen LogP contribution in [0.4, 0.5) is 4.39 Å². The molecule has 0 amide bonds. The first-order valence-corrected chi connectivity index (χ1v) is 12.6. The predicted molar refractivity (Wildman–Crippen MR) is 136 cm³/mol. The molecule has 0 heterocycles. The lowest BCUT2D eigenvalue weighted by atomic mass is 9.77. The molecule has 1 heteroatoms. The van der Waals surface area contributed by atoms with Crippen molar-refractivity contribution in [1.29, 1.82) is 0 Å². The van der Waals surface area contributed by atoms with E-state index in [1.54, 1.807) is 0 Å². The first-order valence-electron chi connectivity index (χ1n) is 12.6. The largest absolute Gasteiger partial charge is 0.251 e. The highest BCUT2D eigenvalue weighted by molar-refractivity contribution is 5.70. The fourth-order valence-corrected chi connectivity index (χ4v) is 5.17. The van der Waals surface area contributed by atoms with Gasteiger partial charge in [-0.25, -0.2) is 0 Å². The van der Waals surface area contributed by atoms with E-state index in [1.165, 1.54) is 65.5 Å². The van der Waals surface area contributed by atoms with E-state index in [9.17, 15) is 4.39 Å². The number of hydrogen-bond acceptors (Lipinski definition) is 0. The van der Waals surface area contributed by atoms with E-state index in [0.717, 1.165) is 31.1 Å². The number of benzene rings is 3. The minimum Gasteiger partial charge on any atom is -0.251 e. The zero-order chi connectivity index (χ0) is 22.2. The van der Waals surface area contributed by atoms with Crippen molar-refractivity contribution in [3.63, 3.8) is 0 Å². The van der Waals surface area contributed by atoms with Gasteiger partial charge in [0.1, 0.15) is 0 Å². The molecule has 1 saturated carbocycles. The molecule has 1 fully saturated rings. The van der Waals surface area contributed by atoms with E-state index in [-0.39, 0.29) is 6.67 Å². The van der Waals surface area contributed by atoms with E-state index in [0.29, 0.717) is 6.42 Å². The Morgan fingerprint density at radius 1 is 0.625 bits per heavy atom. The summed E-state index contributed by atoms with van der Waals surface area (Å²) in [5.41, 5.74) is 7.94. The van der Waals surface area contributed by atoms with Gasteiger partial charge in [-0.3, -0.25) is 4.39 Å². The summed E-state index contributed by atoms with van der Waals surface area (Å²) in [7, 11) is 0. The molecule has 0 unspecified atom stereocenters. The summed E-state index contributed by atoms with van der Waals surface area (Å²) in [4.78, 5) is 0. The second-order valence-electron chi connectivity index (χ2n) is 9.52. The van der Waals surface area contributed by atoms with Crippen LogP contribution < -0.4 is 0 Å². The molecule has 3 aromatic rings. The summed E-state index contributed by atoms with van der Waals surface area (Å²) in [5, 5.41) is 0. The Hall–Kier alpha value is -2.41. The van der Waals surface area contributed by atoms with E-state index < -0.39 is 0 Å².